The third-order valence-electron chi connectivity index (χ3n) is 6.71. The average molecular weight is 673 g/mol. The number of sulfonamides is 1. The number of amides is 2. The zero-order chi connectivity index (χ0) is 32.7. The van der Waals surface area contributed by atoms with E-state index in [0.29, 0.717) is 15.6 Å². The first-order valence-corrected chi connectivity index (χ1v) is 16.4. The molecular weight excluding hydrogens is 638 g/mol. The van der Waals surface area contributed by atoms with E-state index in [4.69, 9.17) is 23.2 Å². The molecule has 2 amide bonds. The van der Waals surface area contributed by atoms with Crippen LogP contribution in [0.15, 0.2) is 72.8 Å². The summed E-state index contributed by atoms with van der Waals surface area (Å²) in [6, 6.07) is 16.8. The molecule has 0 unspecified atom stereocenters. The van der Waals surface area contributed by atoms with Gasteiger partial charge in [-0.15, -0.1) is 0 Å². The zero-order valence-corrected chi connectivity index (χ0v) is 26.8. The van der Waals surface area contributed by atoms with Crippen molar-refractivity contribution in [3.05, 3.63) is 99.5 Å². The summed E-state index contributed by atoms with van der Waals surface area (Å²) in [6.07, 6.45) is -3.87. The second kappa shape index (κ2) is 15.1. The number of rotatable bonds is 13. The second-order valence-electron chi connectivity index (χ2n) is 10.6. The summed E-state index contributed by atoms with van der Waals surface area (Å²) in [5, 5.41) is 3.46. The minimum absolute atomic E-state index is 0.0429. The molecule has 13 heteroatoms. The van der Waals surface area contributed by atoms with E-state index in [2.05, 4.69) is 5.32 Å². The molecule has 0 aliphatic rings. The number of hydrogen-bond donors (Lipinski definition) is 1. The lowest BCUT2D eigenvalue weighted by molar-refractivity contribution is -0.141. The van der Waals surface area contributed by atoms with Crippen molar-refractivity contribution in [2.24, 2.45) is 0 Å². The summed E-state index contributed by atoms with van der Waals surface area (Å²) in [5.41, 5.74) is 0.0590. The number of anilines is 1. The highest BCUT2D eigenvalue weighted by Crippen LogP contribution is 2.32. The molecule has 0 aliphatic heterocycles. The van der Waals surface area contributed by atoms with Gasteiger partial charge in [-0.2, -0.15) is 13.2 Å². The first-order chi connectivity index (χ1) is 20.6. The molecule has 0 radical (unpaired) electrons. The fraction of sp³-hybridized carbons (Fsp3) is 0.355. The van der Waals surface area contributed by atoms with Gasteiger partial charge in [-0.3, -0.25) is 13.9 Å². The molecule has 0 saturated carbocycles. The summed E-state index contributed by atoms with van der Waals surface area (Å²) >= 11 is 12.9. The van der Waals surface area contributed by atoms with Crippen LogP contribution in [0.1, 0.15) is 43.4 Å². The molecule has 0 aromatic heterocycles. The van der Waals surface area contributed by atoms with Crippen molar-refractivity contribution in [2.75, 3.05) is 17.1 Å². The molecule has 7 nitrogen and oxygen atoms in total. The van der Waals surface area contributed by atoms with E-state index in [9.17, 15) is 31.2 Å². The summed E-state index contributed by atoms with van der Waals surface area (Å²) in [5.74, 6) is -0.888. The van der Waals surface area contributed by atoms with Crippen LogP contribution in [0, 0.1) is 0 Å². The fourth-order valence-corrected chi connectivity index (χ4v) is 6.10. The van der Waals surface area contributed by atoms with Crippen LogP contribution >= 0.6 is 23.2 Å². The van der Waals surface area contributed by atoms with Gasteiger partial charge in [-0.25, -0.2) is 8.42 Å². The van der Waals surface area contributed by atoms with Gasteiger partial charge in [-0.05, 0) is 56.2 Å². The average Bonchev–Trinajstić information content (AvgIpc) is 2.93. The van der Waals surface area contributed by atoms with Crippen molar-refractivity contribution in [3.8, 4) is 0 Å². The number of halogens is 5. The summed E-state index contributed by atoms with van der Waals surface area (Å²) in [4.78, 5) is 28.8. The highest BCUT2D eigenvalue weighted by molar-refractivity contribution is 7.92. The van der Waals surface area contributed by atoms with E-state index in [1.807, 2.05) is 30.3 Å². The number of carbonyl (C=O) groups is 2. The molecule has 0 aliphatic carbocycles. The highest BCUT2D eigenvalue weighted by Gasteiger charge is 2.33. The molecule has 238 valence electrons. The van der Waals surface area contributed by atoms with Gasteiger partial charge >= 0.3 is 6.18 Å². The van der Waals surface area contributed by atoms with Gasteiger partial charge in [0.2, 0.25) is 21.8 Å². The number of nitrogens with one attached hydrogen (secondary N) is 1. The molecule has 0 fully saturated rings. The Kier molecular flexibility index (Phi) is 12.1. The van der Waals surface area contributed by atoms with Gasteiger partial charge in [0.25, 0.3) is 0 Å². The number of nitrogens with zero attached hydrogens (tertiary/aromatic N) is 2. The zero-order valence-electron chi connectivity index (χ0n) is 24.4. The van der Waals surface area contributed by atoms with Crippen LogP contribution in [-0.2, 0) is 38.8 Å². The normalized spacial score (nSPS) is 12.6. The molecule has 1 atom stereocenters. The molecule has 3 rings (SSSR count). The topological polar surface area (TPSA) is 86.8 Å². The monoisotopic (exact) mass is 671 g/mol. The van der Waals surface area contributed by atoms with Gasteiger partial charge in [0.15, 0.2) is 0 Å². The van der Waals surface area contributed by atoms with Crippen molar-refractivity contribution < 1.29 is 31.2 Å². The van der Waals surface area contributed by atoms with E-state index < -0.39 is 39.6 Å². The van der Waals surface area contributed by atoms with Gasteiger partial charge in [0.1, 0.15) is 6.04 Å². The van der Waals surface area contributed by atoms with Crippen LogP contribution in [-0.4, -0.2) is 50.0 Å². The quantitative estimate of drug-likeness (QED) is 0.219. The van der Waals surface area contributed by atoms with Crippen LogP contribution in [0.5, 0.6) is 0 Å². The SMILES string of the molecule is CC(C)NC(=O)[C@H](Cc1ccccc1)N(Cc1c(Cl)cccc1Cl)C(=O)CCCN(c1cccc(C(F)(F)F)c1)S(C)(=O)=O. The number of carbonyl (C=O) groups excluding carboxylic acids is 2. The summed E-state index contributed by atoms with van der Waals surface area (Å²) in [6.45, 7) is 3.21. The van der Waals surface area contributed by atoms with Crippen molar-refractivity contribution in [1.29, 1.82) is 0 Å². The standard InChI is InChI=1S/C31H34Cl2F3N3O4S/c1-21(2)37-30(41)28(18-22-10-5-4-6-11-22)38(20-25-26(32)14-8-15-27(25)33)29(40)16-9-17-39(44(3,42)43)24-13-7-12-23(19-24)31(34,35)36/h4-8,10-15,19,21,28H,9,16-18,20H2,1-3H3,(H,37,41)/t28-/m0/s1. The molecule has 0 saturated heterocycles. The van der Waals surface area contributed by atoms with E-state index in [1.54, 1.807) is 32.0 Å². The molecule has 3 aromatic carbocycles. The van der Waals surface area contributed by atoms with E-state index in [-0.39, 0.29) is 44.1 Å². The van der Waals surface area contributed by atoms with Crippen LogP contribution < -0.4 is 9.62 Å². The Morgan fingerprint density at radius 3 is 2.11 bits per heavy atom. The summed E-state index contributed by atoms with van der Waals surface area (Å²) < 4.78 is 66.0. The minimum atomic E-state index is -4.67. The third kappa shape index (κ3) is 9.87. The lowest BCUT2D eigenvalue weighted by atomic mass is 10.0. The van der Waals surface area contributed by atoms with Crippen LogP contribution in [0.25, 0.3) is 0 Å². The smallest absolute Gasteiger partial charge is 0.352 e. The lowest BCUT2D eigenvalue weighted by Crippen LogP contribution is -2.52. The first-order valence-electron chi connectivity index (χ1n) is 13.8. The lowest BCUT2D eigenvalue weighted by Gasteiger charge is -2.33. The largest absolute Gasteiger partial charge is 0.416 e. The van der Waals surface area contributed by atoms with E-state index in [0.717, 1.165) is 34.3 Å². The molecule has 44 heavy (non-hydrogen) atoms. The van der Waals surface area contributed by atoms with Gasteiger partial charge in [0.05, 0.1) is 17.5 Å². The van der Waals surface area contributed by atoms with Gasteiger partial charge < -0.3 is 10.2 Å². The Balaban J connectivity index is 1.94. The highest BCUT2D eigenvalue weighted by atomic mass is 35.5. The van der Waals surface area contributed by atoms with Crippen LogP contribution in [0.2, 0.25) is 10.0 Å². The maximum atomic E-state index is 13.9. The third-order valence-corrected chi connectivity index (χ3v) is 8.61. The molecule has 0 spiro atoms. The van der Waals surface area contributed by atoms with E-state index >= 15 is 0 Å². The Hall–Kier alpha value is -3.28. The van der Waals surface area contributed by atoms with Crippen molar-refractivity contribution >= 4 is 50.7 Å². The Bertz CT molecular complexity index is 1530. The number of hydrogen-bond acceptors (Lipinski definition) is 4. The minimum Gasteiger partial charge on any atom is -0.352 e. The Labute approximate surface area is 266 Å². The van der Waals surface area contributed by atoms with Crippen molar-refractivity contribution in [2.45, 2.75) is 57.9 Å². The molecule has 0 bridgehead atoms. The van der Waals surface area contributed by atoms with Crippen LogP contribution in [0.3, 0.4) is 0 Å². The predicted molar refractivity (Wildman–Crippen MR) is 167 cm³/mol. The van der Waals surface area contributed by atoms with Gasteiger partial charge in [-0.1, -0.05) is 65.7 Å². The second-order valence-corrected chi connectivity index (χ2v) is 13.3. The summed E-state index contributed by atoms with van der Waals surface area (Å²) in [7, 11) is -4.00. The molecule has 1 N–H and O–H groups in total. The molecular formula is C31H34Cl2F3N3O4S. The maximum Gasteiger partial charge on any atom is 0.416 e. The Morgan fingerprint density at radius 1 is 0.932 bits per heavy atom. The van der Waals surface area contributed by atoms with Gasteiger partial charge in [0, 0.05) is 47.6 Å². The maximum absolute atomic E-state index is 13.9. The predicted octanol–water partition coefficient (Wildman–Crippen LogP) is 6.72. The van der Waals surface area contributed by atoms with Crippen LogP contribution in [0.4, 0.5) is 18.9 Å². The van der Waals surface area contributed by atoms with Crippen molar-refractivity contribution in [3.63, 3.8) is 0 Å². The number of alkyl halides is 3. The molecule has 0 heterocycles. The Morgan fingerprint density at radius 2 is 1.55 bits per heavy atom. The van der Waals surface area contributed by atoms with E-state index in [1.165, 1.54) is 11.0 Å². The fourth-order valence-electron chi connectivity index (χ4n) is 4.63. The van der Waals surface area contributed by atoms with Crippen molar-refractivity contribution in [1.82, 2.24) is 10.2 Å². The number of benzene rings is 3. The first kappa shape index (κ1) is 35.2. The molecule has 3 aromatic rings.